The van der Waals surface area contributed by atoms with Gasteiger partial charge in [0, 0.05) is 11.9 Å². The fraction of sp³-hybridized carbons (Fsp3) is 0.214. The zero-order valence-corrected chi connectivity index (χ0v) is 12.1. The highest BCUT2D eigenvalue weighted by atomic mass is 32.2. The molecule has 0 radical (unpaired) electrons. The van der Waals surface area contributed by atoms with Gasteiger partial charge in [-0.25, -0.2) is 4.68 Å². The van der Waals surface area contributed by atoms with Crippen molar-refractivity contribution < 1.29 is 0 Å². The van der Waals surface area contributed by atoms with E-state index in [2.05, 4.69) is 32.5 Å². The van der Waals surface area contributed by atoms with Crippen molar-refractivity contribution in [3.8, 4) is 0 Å². The third kappa shape index (κ3) is 2.66. The van der Waals surface area contributed by atoms with Gasteiger partial charge in [-0.3, -0.25) is 4.98 Å². The summed E-state index contributed by atoms with van der Waals surface area (Å²) < 4.78 is 1.92. The van der Waals surface area contributed by atoms with Crippen LogP contribution in [-0.2, 0) is 5.75 Å². The smallest absolute Gasteiger partial charge is 0.226 e. The van der Waals surface area contributed by atoms with E-state index in [9.17, 15) is 0 Å². The molecule has 4 rings (SSSR count). The van der Waals surface area contributed by atoms with E-state index < -0.39 is 0 Å². The minimum absolute atomic E-state index is 0. The maximum Gasteiger partial charge on any atom is 0.226 e. The summed E-state index contributed by atoms with van der Waals surface area (Å²) in [6, 6.07) is 10.3. The van der Waals surface area contributed by atoms with E-state index in [-0.39, 0.29) is 13.6 Å². The molecule has 0 spiro atoms. The lowest BCUT2D eigenvalue weighted by atomic mass is 10.2. The van der Waals surface area contributed by atoms with Crippen LogP contribution >= 0.6 is 23.1 Å². The summed E-state index contributed by atoms with van der Waals surface area (Å²) in [6.45, 7) is 0. The molecule has 0 aliphatic carbocycles. The second kappa shape index (κ2) is 5.87. The van der Waals surface area contributed by atoms with Crippen LogP contribution < -0.4 is 5.32 Å². The molecule has 0 saturated carbocycles. The van der Waals surface area contributed by atoms with Crippen molar-refractivity contribution in [2.45, 2.75) is 24.5 Å². The quantitative estimate of drug-likeness (QED) is 0.745. The Kier molecular flexibility index (Phi) is 3.94. The van der Waals surface area contributed by atoms with Gasteiger partial charge in [-0.2, -0.15) is 4.98 Å². The van der Waals surface area contributed by atoms with E-state index >= 15 is 0 Å². The average Bonchev–Trinajstić information content (AvgIpc) is 3.09. The van der Waals surface area contributed by atoms with Gasteiger partial charge in [0.2, 0.25) is 11.1 Å². The van der Waals surface area contributed by atoms with Crippen molar-refractivity contribution in [3.05, 3.63) is 52.5 Å². The highest BCUT2D eigenvalue weighted by Gasteiger charge is 2.31. The summed E-state index contributed by atoms with van der Waals surface area (Å²) in [6.07, 6.45) is 1.96. The molecule has 1 N–H and O–H groups in total. The molecular weight excluding hydrogens is 302 g/mol. The Morgan fingerprint density at radius 3 is 2.90 bits per heavy atom. The maximum atomic E-state index is 4.53. The van der Waals surface area contributed by atoms with Gasteiger partial charge >= 0.3 is 0 Å². The molecule has 2 aromatic heterocycles. The van der Waals surface area contributed by atoms with Crippen LogP contribution in [0.5, 0.6) is 0 Å². The predicted molar refractivity (Wildman–Crippen MR) is 86.6 cm³/mol. The third-order valence-corrected chi connectivity index (χ3v) is 4.79. The van der Waals surface area contributed by atoms with Gasteiger partial charge in [0.15, 0.2) is 6.17 Å². The first-order chi connectivity index (χ1) is 9.90. The number of thioether (sulfide) groups is 1. The molecule has 108 valence electrons. The van der Waals surface area contributed by atoms with Gasteiger partial charge in [0.25, 0.3) is 0 Å². The highest BCUT2D eigenvalue weighted by Crippen LogP contribution is 2.34. The Morgan fingerprint density at radius 1 is 1.29 bits per heavy atom. The van der Waals surface area contributed by atoms with Crippen molar-refractivity contribution in [1.29, 1.82) is 0 Å². The summed E-state index contributed by atoms with van der Waals surface area (Å²) >= 11 is 3.27. The SMILES string of the molecule is C.c1ccc(CSc2nc3n(n2)C(c2cncs2)N3)cc1. The van der Waals surface area contributed by atoms with Crippen molar-refractivity contribution >= 4 is 29.0 Å². The number of rotatable bonds is 4. The summed E-state index contributed by atoms with van der Waals surface area (Å²) in [5, 5.41) is 8.63. The standard InChI is InChI=1S/C13H11N5S2.CH4/c1-2-4-9(5-3-1)7-19-13-16-12-15-11(18(12)17-13)10-6-14-8-20-10;/h1-6,8,11H,7H2,(H,15,16,17);1H4. The number of fused-ring (bicyclic) bond motifs is 1. The van der Waals surface area contributed by atoms with Crippen LogP contribution in [0.4, 0.5) is 5.95 Å². The van der Waals surface area contributed by atoms with Gasteiger partial charge in [-0.15, -0.1) is 16.4 Å². The van der Waals surface area contributed by atoms with Gasteiger partial charge in [0.1, 0.15) is 0 Å². The van der Waals surface area contributed by atoms with Gasteiger partial charge < -0.3 is 5.32 Å². The topological polar surface area (TPSA) is 55.6 Å². The van der Waals surface area contributed by atoms with Crippen molar-refractivity contribution in [3.63, 3.8) is 0 Å². The molecular formula is C14H15N5S2. The zero-order valence-electron chi connectivity index (χ0n) is 10.4. The Balaban J connectivity index is 0.00000132. The van der Waals surface area contributed by atoms with Gasteiger partial charge in [-0.1, -0.05) is 49.5 Å². The minimum atomic E-state index is 0. The van der Waals surface area contributed by atoms with E-state index in [1.165, 1.54) is 5.56 Å². The summed E-state index contributed by atoms with van der Waals surface area (Å²) in [4.78, 5) is 9.71. The number of hydrogen-bond donors (Lipinski definition) is 1. The molecule has 0 bridgehead atoms. The first kappa shape index (κ1) is 14.1. The Morgan fingerprint density at radius 2 is 2.14 bits per heavy atom. The predicted octanol–water partition coefficient (Wildman–Crippen LogP) is 3.64. The lowest BCUT2D eigenvalue weighted by molar-refractivity contribution is 0.510. The van der Waals surface area contributed by atoms with Crippen LogP contribution in [0.1, 0.15) is 24.0 Å². The molecule has 1 aliphatic rings. The Hall–Kier alpha value is -1.86. The number of nitrogens with zero attached hydrogens (tertiary/aromatic N) is 4. The third-order valence-electron chi connectivity index (χ3n) is 3.05. The molecule has 1 aromatic carbocycles. The minimum Gasteiger partial charge on any atom is -0.328 e. The van der Waals surface area contributed by atoms with E-state index in [4.69, 9.17) is 0 Å². The molecule has 3 heterocycles. The second-order valence-electron chi connectivity index (χ2n) is 4.39. The molecule has 1 unspecified atom stereocenters. The van der Waals surface area contributed by atoms with Crippen LogP contribution in [0, 0.1) is 0 Å². The summed E-state index contributed by atoms with van der Waals surface area (Å²) in [5.41, 5.74) is 3.11. The molecule has 7 heteroatoms. The van der Waals surface area contributed by atoms with Crippen molar-refractivity contribution in [1.82, 2.24) is 19.7 Å². The number of anilines is 1. The summed E-state index contributed by atoms with van der Waals surface area (Å²) in [7, 11) is 0. The van der Waals surface area contributed by atoms with E-state index in [0.29, 0.717) is 0 Å². The number of aromatic nitrogens is 4. The first-order valence-corrected chi connectivity index (χ1v) is 8.05. The molecule has 0 saturated heterocycles. The fourth-order valence-electron chi connectivity index (χ4n) is 2.04. The van der Waals surface area contributed by atoms with Crippen LogP contribution in [0.3, 0.4) is 0 Å². The van der Waals surface area contributed by atoms with E-state index in [1.54, 1.807) is 23.1 Å². The van der Waals surface area contributed by atoms with Crippen LogP contribution in [0.15, 0.2) is 47.2 Å². The summed E-state index contributed by atoms with van der Waals surface area (Å²) in [5.74, 6) is 1.72. The normalized spacial score (nSPS) is 15.5. The van der Waals surface area contributed by atoms with Crippen molar-refractivity contribution in [2.75, 3.05) is 5.32 Å². The molecule has 1 aliphatic heterocycles. The molecule has 5 nitrogen and oxygen atoms in total. The molecule has 0 amide bonds. The fourth-order valence-corrected chi connectivity index (χ4v) is 3.47. The van der Waals surface area contributed by atoms with Gasteiger partial charge in [-0.05, 0) is 5.56 Å². The van der Waals surface area contributed by atoms with E-state index in [0.717, 1.165) is 21.7 Å². The van der Waals surface area contributed by atoms with Gasteiger partial charge in [0.05, 0.1) is 10.4 Å². The molecule has 0 fully saturated rings. The molecule has 21 heavy (non-hydrogen) atoms. The molecule has 1 atom stereocenters. The second-order valence-corrected chi connectivity index (χ2v) is 6.25. The lowest BCUT2D eigenvalue weighted by Crippen LogP contribution is -2.31. The Labute approximate surface area is 131 Å². The van der Waals surface area contributed by atoms with Crippen molar-refractivity contribution in [2.24, 2.45) is 0 Å². The number of nitrogens with one attached hydrogen (secondary N) is 1. The van der Waals surface area contributed by atoms with Crippen LogP contribution in [0.2, 0.25) is 0 Å². The lowest BCUT2D eigenvalue weighted by Gasteiger charge is -2.27. The zero-order chi connectivity index (χ0) is 13.4. The highest BCUT2D eigenvalue weighted by molar-refractivity contribution is 7.98. The number of hydrogen-bond acceptors (Lipinski definition) is 6. The molecule has 3 aromatic rings. The van der Waals surface area contributed by atoms with Crippen LogP contribution in [0.25, 0.3) is 0 Å². The average molecular weight is 317 g/mol. The maximum absolute atomic E-state index is 4.53. The van der Waals surface area contributed by atoms with E-state index in [1.807, 2.05) is 34.6 Å². The Bertz CT molecular complexity index is 708. The number of benzene rings is 1. The monoisotopic (exact) mass is 317 g/mol. The largest absolute Gasteiger partial charge is 0.328 e. The number of thiazole rings is 1. The van der Waals surface area contributed by atoms with Crippen LogP contribution in [-0.4, -0.2) is 19.7 Å². The first-order valence-electron chi connectivity index (χ1n) is 6.18.